The van der Waals surface area contributed by atoms with Crippen LogP contribution in [0.5, 0.6) is 11.5 Å². The third kappa shape index (κ3) is 2.98. The maximum Gasteiger partial charge on any atom is 0.185 e. The Kier molecular flexibility index (Phi) is 4.60. The van der Waals surface area contributed by atoms with E-state index in [4.69, 9.17) is 9.47 Å². The molecule has 0 spiro atoms. The number of methoxy groups -OCH3 is 2. The van der Waals surface area contributed by atoms with Gasteiger partial charge in [-0.2, -0.15) is 0 Å². The number of halogens is 1. The number of pyridine rings is 1. The van der Waals surface area contributed by atoms with Crippen molar-refractivity contribution in [2.75, 3.05) is 14.2 Å². The van der Waals surface area contributed by atoms with Crippen LogP contribution in [0.2, 0.25) is 0 Å². The molecule has 0 fully saturated rings. The van der Waals surface area contributed by atoms with E-state index in [1.54, 1.807) is 13.2 Å². The fourth-order valence-electron chi connectivity index (χ4n) is 1.83. The normalized spacial score (nSPS) is 12.0. The Morgan fingerprint density at radius 3 is 2.42 bits per heavy atom. The summed E-state index contributed by atoms with van der Waals surface area (Å²) in [7, 11) is 3.10. The number of rotatable bonds is 4. The standard InChI is InChI=1S/C14H14INO3/c1-18-10-8-11(15)16-12(14(10)19-2)13(17)9-6-4-3-5-7-9/h3-8,13,17H,1-2H3. The first kappa shape index (κ1) is 14.1. The van der Waals surface area contributed by atoms with Gasteiger partial charge in [-0.3, -0.25) is 0 Å². The number of aliphatic hydroxyl groups is 1. The Bertz CT molecular complexity index is 560. The summed E-state index contributed by atoms with van der Waals surface area (Å²) in [5, 5.41) is 10.4. The summed E-state index contributed by atoms with van der Waals surface area (Å²) < 4.78 is 11.3. The number of aromatic nitrogens is 1. The van der Waals surface area contributed by atoms with E-state index in [9.17, 15) is 5.11 Å². The van der Waals surface area contributed by atoms with Crippen molar-refractivity contribution in [2.45, 2.75) is 6.10 Å². The molecule has 1 aromatic heterocycles. The van der Waals surface area contributed by atoms with Crippen molar-refractivity contribution >= 4 is 22.6 Å². The summed E-state index contributed by atoms with van der Waals surface area (Å²) in [6, 6.07) is 11.1. The van der Waals surface area contributed by atoms with E-state index < -0.39 is 6.10 Å². The van der Waals surface area contributed by atoms with Crippen LogP contribution in [-0.4, -0.2) is 24.3 Å². The molecule has 1 atom stereocenters. The average Bonchev–Trinajstić information content (AvgIpc) is 2.46. The second-order valence-corrected chi connectivity index (χ2v) is 4.98. The van der Waals surface area contributed by atoms with Crippen LogP contribution >= 0.6 is 22.6 Å². The predicted octanol–water partition coefficient (Wildman–Crippen LogP) is 2.79. The van der Waals surface area contributed by atoms with Crippen LogP contribution in [-0.2, 0) is 0 Å². The van der Waals surface area contributed by atoms with E-state index in [0.717, 1.165) is 9.26 Å². The molecule has 0 radical (unpaired) electrons. The molecule has 0 amide bonds. The molecular formula is C14H14INO3. The lowest BCUT2D eigenvalue weighted by molar-refractivity contribution is 0.207. The third-order valence-corrected chi connectivity index (χ3v) is 3.28. The Morgan fingerprint density at radius 2 is 1.84 bits per heavy atom. The molecule has 0 aliphatic heterocycles. The lowest BCUT2D eigenvalue weighted by Gasteiger charge is -2.17. The molecular weight excluding hydrogens is 357 g/mol. The van der Waals surface area contributed by atoms with Crippen LogP contribution in [0.3, 0.4) is 0 Å². The van der Waals surface area contributed by atoms with E-state index in [-0.39, 0.29) is 0 Å². The summed E-state index contributed by atoms with van der Waals surface area (Å²) in [6.45, 7) is 0. The van der Waals surface area contributed by atoms with Gasteiger partial charge in [-0.15, -0.1) is 0 Å². The van der Waals surface area contributed by atoms with Gasteiger partial charge in [0.05, 0.1) is 14.2 Å². The molecule has 1 N–H and O–H groups in total. The Morgan fingerprint density at radius 1 is 1.16 bits per heavy atom. The van der Waals surface area contributed by atoms with E-state index in [1.807, 2.05) is 30.3 Å². The molecule has 0 saturated heterocycles. The molecule has 4 nitrogen and oxygen atoms in total. The van der Waals surface area contributed by atoms with Crippen LogP contribution < -0.4 is 9.47 Å². The number of aliphatic hydroxyl groups excluding tert-OH is 1. The minimum Gasteiger partial charge on any atom is -0.493 e. The summed E-state index contributed by atoms with van der Waals surface area (Å²) >= 11 is 2.08. The Balaban J connectivity index is 2.52. The topological polar surface area (TPSA) is 51.6 Å². The molecule has 0 bridgehead atoms. The number of hydrogen-bond acceptors (Lipinski definition) is 4. The molecule has 19 heavy (non-hydrogen) atoms. The molecule has 1 unspecified atom stereocenters. The minimum absolute atomic E-state index is 0.456. The molecule has 2 rings (SSSR count). The average molecular weight is 371 g/mol. The van der Waals surface area contributed by atoms with Crippen LogP contribution in [0.15, 0.2) is 36.4 Å². The maximum absolute atomic E-state index is 10.4. The lowest BCUT2D eigenvalue weighted by Crippen LogP contribution is -2.07. The zero-order chi connectivity index (χ0) is 13.8. The van der Waals surface area contributed by atoms with Gasteiger partial charge < -0.3 is 14.6 Å². The van der Waals surface area contributed by atoms with Crippen LogP contribution in [0.25, 0.3) is 0 Å². The van der Waals surface area contributed by atoms with Gasteiger partial charge in [0.1, 0.15) is 15.5 Å². The quantitative estimate of drug-likeness (QED) is 0.664. The molecule has 1 aromatic carbocycles. The maximum atomic E-state index is 10.4. The van der Waals surface area contributed by atoms with Gasteiger partial charge in [0.2, 0.25) is 0 Å². The number of ether oxygens (including phenoxy) is 2. The highest BCUT2D eigenvalue weighted by atomic mass is 127. The van der Waals surface area contributed by atoms with Crippen molar-refractivity contribution in [3.8, 4) is 11.5 Å². The first-order valence-electron chi connectivity index (χ1n) is 5.68. The molecule has 5 heteroatoms. The second kappa shape index (κ2) is 6.21. The van der Waals surface area contributed by atoms with Gasteiger partial charge in [-0.05, 0) is 28.2 Å². The van der Waals surface area contributed by atoms with Gasteiger partial charge in [0, 0.05) is 6.07 Å². The first-order chi connectivity index (χ1) is 9.17. The van der Waals surface area contributed by atoms with Crippen molar-refractivity contribution in [3.63, 3.8) is 0 Å². The van der Waals surface area contributed by atoms with Crippen LogP contribution in [0, 0.1) is 3.70 Å². The highest BCUT2D eigenvalue weighted by molar-refractivity contribution is 14.1. The third-order valence-electron chi connectivity index (χ3n) is 2.73. The van der Waals surface area contributed by atoms with Crippen molar-refractivity contribution in [3.05, 3.63) is 51.4 Å². The van der Waals surface area contributed by atoms with Crippen LogP contribution in [0.4, 0.5) is 0 Å². The Labute approximate surface area is 125 Å². The van der Waals surface area contributed by atoms with Gasteiger partial charge >= 0.3 is 0 Å². The highest BCUT2D eigenvalue weighted by Gasteiger charge is 2.21. The lowest BCUT2D eigenvalue weighted by atomic mass is 10.1. The summed E-state index contributed by atoms with van der Waals surface area (Å²) in [5.41, 5.74) is 1.22. The van der Waals surface area contributed by atoms with Crippen molar-refractivity contribution in [1.29, 1.82) is 0 Å². The zero-order valence-electron chi connectivity index (χ0n) is 10.6. The van der Waals surface area contributed by atoms with E-state index in [1.165, 1.54) is 7.11 Å². The van der Waals surface area contributed by atoms with Crippen molar-refractivity contribution in [2.24, 2.45) is 0 Å². The van der Waals surface area contributed by atoms with Gasteiger partial charge in [-0.1, -0.05) is 30.3 Å². The summed E-state index contributed by atoms with van der Waals surface area (Å²) in [4.78, 5) is 4.36. The van der Waals surface area contributed by atoms with Gasteiger partial charge in [0.25, 0.3) is 0 Å². The van der Waals surface area contributed by atoms with Crippen molar-refractivity contribution in [1.82, 2.24) is 4.98 Å². The largest absolute Gasteiger partial charge is 0.493 e. The fourth-order valence-corrected chi connectivity index (χ4v) is 2.38. The Hall–Kier alpha value is -1.34. The molecule has 2 aromatic rings. The monoisotopic (exact) mass is 371 g/mol. The molecule has 1 heterocycles. The van der Waals surface area contributed by atoms with Gasteiger partial charge in [-0.25, -0.2) is 4.98 Å². The highest BCUT2D eigenvalue weighted by Crippen LogP contribution is 2.36. The smallest absolute Gasteiger partial charge is 0.185 e. The van der Waals surface area contributed by atoms with E-state index in [0.29, 0.717) is 17.2 Å². The minimum atomic E-state index is -0.847. The molecule has 0 aliphatic carbocycles. The molecule has 0 saturated carbocycles. The SMILES string of the molecule is COc1cc(I)nc(C(O)c2ccccc2)c1OC. The summed E-state index contributed by atoms with van der Waals surface area (Å²) in [6.07, 6.45) is -0.847. The van der Waals surface area contributed by atoms with Crippen LogP contribution in [0.1, 0.15) is 17.4 Å². The molecule has 0 aliphatic rings. The number of nitrogens with zero attached hydrogens (tertiary/aromatic N) is 1. The van der Waals surface area contributed by atoms with E-state index in [2.05, 4.69) is 27.6 Å². The van der Waals surface area contributed by atoms with Crippen molar-refractivity contribution < 1.29 is 14.6 Å². The number of benzene rings is 1. The second-order valence-electron chi connectivity index (χ2n) is 3.88. The number of hydrogen-bond donors (Lipinski definition) is 1. The van der Waals surface area contributed by atoms with Gasteiger partial charge in [0.15, 0.2) is 11.5 Å². The first-order valence-corrected chi connectivity index (χ1v) is 6.76. The summed E-state index contributed by atoms with van der Waals surface area (Å²) in [5.74, 6) is 1.02. The fraction of sp³-hybridized carbons (Fsp3) is 0.214. The zero-order valence-corrected chi connectivity index (χ0v) is 12.8. The molecule has 100 valence electrons. The van der Waals surface area contributed by atoms with E-state index >= 15 is 0 Å². The predicted molar refractivity (Wildman–Crippen MR) is 80.6 cm³/mol.